The Morgan fingerprint density at radius 3 is 3.00 bits per heavy atom. The molecule has 0 radical (unpaired) electrons. The van der Waals surface area contributed by atoms with Gasteiger partial charge in [0.15, 0.2) is 0 Å². The smallest absolute Gasteiger partial charge is 0.311 e. The minimum absolute atomic E-state index is 0.0435. The van der Waals surface area contributed by atoms with Crippen LogP contribution in [0.5, 0.6) is 5.75 Å². The van der Waals surface area contributed by atoms with Crippen LogP contribution in [0.2, 0.25) is 0 Å². The fraction of sp³-hybridized carbons (Fsp3) is 0.273. The Bertz CT molecular complexity index is 543. The third kappa shape index (κ3) is 2.38. The van der Waals surface area contributed by atoms with E-state index in [1.54, 1.807) is 0 Å². The number of aldehydes is 1. The van der Waals surface area contributed by atoms with Crippen molar-refractivity contribution in [3.8, 4) is 5.75 Å². The highest BCUT2D eigenvalue weighted by atomic mass is 16.6. The number of ether oxygens (including phenoxy) is 1. The number of nitro groups is 1. The molecule has 100 valence electrons. The number of aliphatic imine (C=N–C) groups is 1. The van der Waals surface area contributed by atoms with E-state index >= 15 is 0 Å². The van der Waals surface area contributed by atoms with Crippen LogP contribution < -0.4 is 10.1 Å². The lowest BCUT2D eigenvalue weighted by molar-refractivity contribution is -0.385. The maximum absolute atomic E-state index is 11.0. The Hall–Kier alpha value is -2.48. The second-order valence-corrected chi connectivity index (χ2v) is 3.71. The number of nitrogens with zero attached hydrogens (tertiary/aromatic N) is 2. The fourth-order valence-corrected chi connectivity index (χ4v) is 1.82. The molecular weight excluding hydrogens is 254 g/mol. The van der Waals surface area contributed by atoms with E-state index < -0.39 is 11.0 Å². The van der Waals surface area contributed by atoms with Crippen molar-refractivity contribution in [2.24, 2.45) is 4.99 Å². The van der Waals surface area contributed by atoms with Crippen molar-refractivity contribution in [2.75, 3.05) is 18.5 Å². The summed E-state index contributed by atoms with van der Waals surface area (Å²) < 4.78 is 5.21. The second-order valence-electron chi connectivity index (χ2n) is 3.71. The number of carbonyl (C=O) groups is 1. The van der Waals surface area contributed by atoms with Crippen LogP contribution in [0.3, 0.4) is 0 Å². The Labute approximate surface area is 107 Å². The van der Waals surface area contributed by atoms with Crippen LogP contribution in [0, 0.1) is 10.1 Å². The van der Waals surface area contributed by atoms with Gasteiger partial charge in [-0.25, -0.2) is 0 Å². The lowest BCUT2D eigenvalue weighted by Gasteiger charge is -2.20. The van der Waals surface area contributed by atoms with Gasteiger partial charge in [0.25, 0.3) is 0 Å². The summed E-state index contributed by atoms with van der Waals surface area (Å²) >= 11 is 0. The van der Waals surface area contributed by atoms with Gasteiger partial charge < -0.3 is 20.0 Å². The van der Waals surface area contributed by atoms with Crippen LogP contribution in [-0.2, 0) is 4.79 Å². The molecule has 1 unspecified atom stereocenters. The molecule has 1 aromatic carbocycles. The van der Waals surface area contributed by atoms with E-state index in [0.717, 1.165) is 0 Å². The first-order valence-electron chi connectivity index (χ1n) is 5.47. The lowest BCUT2D eigenvalue weighted by Crippen LogP contribution is -2.15. The predicted molar refractivity (Wildman–Crippen MR) is 66.6 cm³/mol. The highest BCUT2D eigenvalue weighted by molar-refractivity contribution is 5.88. The van der Waals surface area contributed by atoms with Gasteiger partial charge in [0.2, 0.25) is 5.75 Å². The largest absolute Gasteiger partial charge is 0.484 e. The molecule has 1 aliphatic heterocycles. The Kier molecular flexibility index (Phi) is 3.71. The van der Waals surface area contributed by atoms with E-state index in [-0.39, 0.29) is 24.7 Å². The molecule has 2 N–H and O–H groups in total. The summed E-state index contributed by atoms with van der Waals surface area (Å²) in [6.45, 7) is -0.393. The summed E-state index contributed by atoms with van der Waals surface area (Å²) in [6.07, 6.45) is 1.93. The zero-order valence-electron chi connectivity index (χ0n) is 9.78. The molecule has 0 spiro atoms. The normalized spacial score (nSPS) is 16.4. The average molecular weight is 265 g/mol. The topological polar surface area (TPSA) is 114 Å². The number of aliphatic hydroxyl groups is 1. The molecule has 0 saturated heterocycles. The number of aliphatic hydroxyl groups excluding tert-OH is 1. The molecule has 19 heavy (non-hydrogen) atoms. The van der Waals surface area contributed by atoms with Crippen LogP contribution in [-0.4, -0.2) is 35.9 Å². The van der Waals surface area contributed by atoms with E-state index in [0.29, 0.717) is 17.5 Å². The van der Waals surface area contributed by atoms with E-state index in [1.165, 1.54) is 18.5 Å². The summed E-state index contributed by atoms with van der Waals surface area (Å²) in [5, 5.41) is 22.6. The monoisotopic (exact) mass is 265 g/mol. The van der Waals surface area contributed by atoms with Gasteiger partial charge in [-0.15, -0.1) is 0 Å². The molecule has 0 bridgehead atoms. The van der Waals surface area contributed by atoms with Crippen molar-refractivity contribution in [3.63, 3.8) is 0 Å². The molecule has 0 aromatic heterocycles. The summed E-state index contributed by atoms with van der Waals surface area (Å²) in [5.41, 5.74) is 0.559. The Morgan fingerprint density at radius 1 is 1.58 bits per heavy atom. The predicted octanol–water partition coefficient (Wildman–Crippen LogP) is 0.660. The number of nitrogens with one attached hydrogen (secondary N) is 1. The van der Waals surface area contributed by atoms with E-state index in [4.69, 9.17) is 9.84 Å². The fourth-order valence-electron chi connectivity index (χ4n) is 1.82. The number of carbonyl (C=O) groups excluding carboxylic acids is 1. The standard InChI is InChI=1S/C11H11N3O5/c15-3-4-19-11-9(14(17)18)2-1-7-10(11)8(5-16)13-6-12-7/h1-2,5-6,8,15H,3-4H2,(H,12,13). The van der Waals surface area contributed by atoms with Crippen LogP contribution in [0.4, 0.5) is 11.4 Å². The first-order chi connectivity index (χ1) is 9.19. The van der Waals surface area contributed by atoms with Crippen molar-refractivity contribution in [1.82, 2.24) is 0 Å². The first-order valence-corrected chi connectivity index (χ1v) is 5.47. The molecule has 0 aliphatic carbocycles. The van der Waals surface area contributed by atoms with Crippen molar-refractivity contribution >= 4 is 24.0 Å². The summed E-state index contributed by atoms with van der Waals surface area (Å²) in [4.78, 5) is 25.3. The number of fused-ring (bicyclic) bond motifs is 1. The van der Waals surface area contributed by atoms with Crippen molar-refractivity contribution in [3.05, 3.63) is 27.8 Å². The van der Waals surface area contributed by atoms with Gasteiger partial charge in [-0.2, -0.15) is 0 Å². The van der Waals surface area contributed by atoms with Gasteiger partial charge in [-0.1, -0.05) is 0 Å². The minimum Gasteiger partial charge on any atom is -0.484 e. The van der Waals surface area contributed by atoms with Gasteiger partial charge in [0, 0.05) is 11.8 Å². The molecule has 8 nitrogen and oxygen atoms in total. The summed E-state index contributed by atoms with van der Waals surface area (Å²) in [5.74, 6) is -0.0435. The number of hydrogen-bond acceptors (Lipinski definition) is 7. The molecule has 1 heterocycles. The van der Waals surface area contributed by atoms with Gasteiger partial charge in [0.1, 0.15) is 18.9 Å². The van der Waals surface area contributed by atoms with Gasteiger partial charge in [0.05, 0.1) is 23.4 Å². The summed E-state index contributed by atoms with van der Waals surface area (Å²) in [6, 6.07) is 1.91. The molecule has 0 saturated carbocycles. The van der Waals surface area contributed by atoms with Crippen molar-refractivity contribution < 1.29 is 19.6 Å². The quantitative estimate of drug-likeness (QED) is 0.459. The van der Waals surface area contributed by atoms with Crippen LogP contribution in [0.25, 0.3) is 0 Å². The number of rotatable bonds is 5. The maximum atomic E-state index is 11.0. The zero-order chi connectivity index (χ0) is 13.8. The van der Waals surface area contributed by atoms with E-state index in [2.05, 4.69) is 10.3 Å². The Morgan fingerprint density at radius 2 is 2.37 bits per heavy atom. The molecule has 1 aliphatic rings. The molecule has 1 atom stereocenters. The average Bonchev–Trinajstić information content (AvgIpc) is 2.43. The highest BCUT2D eigenvalue weighted by Crippen LogP contribution is 2.41. The second kappa shape index (κ2) is 5.44. The van der Waals surface area contributed by atoms with E-state index in [9.17, 15) is 14.9 Å². The van der Waals surface area contributed by atoms with Gasteiger partial charge >= 0.3 is 5.69 Å². The Balaban J connectivity index is 2.57. The van der Waals surface area contributed by atoms with Crippen molar-refractivity contribution in [2.45, 2.75) is 6.04 Å². The van der Waals surface area contributed by atoms with E-state index in [1.807, 2.05) is 0 Å². The highest BCUT2D eigenvalue weighted by Gasteiger charge is 2.29. The molecule has 0 amide bonds. The van der Waals surface area contributed by atoms with Crippen LogP contribution in [0.1, 0.15) is 11.6 Å². The number of benzene rings is 1. The van der Waals surface area contributed by atoms with Crippen molar-refractivity contribution in [1.29, 1.82) is 0 Å². The first kappa shape index (κ1) is 13.0. The lowest BCUT2D eigenvalue weighted by atomic mass is 10.0. The number of nitro benzene ring substituents is 1. The number of hydrogen-bond donors (Lipinski definition) is 2. The maximum Gasteiger partial charge on any atom is 0.311 e. The SMILES string of the molecule is O=CC1N=CNc2ccc([N+](=O)[O-])c(OCCO)c21. The molecule has 0 fully saturated rings. The zero-order valence-corrected chi connectivity index (χ0v) is 9.78. The van der Waals surface area contributed by atoms with Crippen LogP contribution >= 0.6 is 0 Å². The molecule has 2 rings (SSSR count). The molecular formula is C11H11N3O5. The summed E-state index contributed by atoms with van der Waals surface area (Å²) in [7, 11) is 0. The number of anilines is 1. The van der Waals surface area contributed by atoms with Crippen LogP contribution in [0.15, 0.2) is 17.1 Å². The minimum atomic E-state index is -0.857. The van der Waals surface area contributed by atoms with Gasteiger partial charge in [-0.05, 0) is 6.07 Å². The molecule has 1 aromatic rings. The third-order valence-corrected chi connectivity index (χ3v) is 2.59. The molecule has 8 heteroatoms. The van der Waals surface area contributed by atoms with Gasteiger partial charge in [-0.3, -0.25) is 15.1 Å². The third-order valence-electron chi connectivity index (χ3n) is 2.59.